The zero-order valence-corrected chi connectivity index (χ0v) is 19.6. The van der Waals surface area contributed by atoms with Gasteiger partial charge in [0.05, 0.1) is 43.3 Å². The van der Waals surface area contributed by atoms with Gasteiger partial charge >= 0.3 is 0 Å². The maximum absolute atomic E-state index is 13.9. The summed E-state index contributed by atoms with van der Waals surface area (Å²) in [5, 5.41) is 9.34. The Bertz CT molecular complexity index is 1190. The Kier molecular flexibility index (Phi) is 7.92. The molecule has 0 fully saturated rings. The molecule has 0 aromatic heterocycles. The van der Waals surface area contributed by atoms with E-state index in [2.05, 4.69) is 16.0 Å². The minimum Gasteiger partial charge on any atom is -0.495 e. The second-order valence-corrected chi connectivity index (χ2v) is 7.43. The first kappa shape index (κ1) is 24.1. The molecular formula is C23H21ClFN3O4S. The summed E-state index contributed by atoms with van der Waals surface area (Å²) in [5.74, 6) is 0.114. The van der Waals surface area contributed by atoms with Crippen LogP contribution >= 0.6 is 23.8 Å². The van der Waals surface area contributed by atoms with Gasteiger partial charge in [0.1, 0.15) is 23.1 Å². The molecule has 0 aliphatic heterocycles. The highest BCUT2D eigenvalue weighted by molar-refractivity contribution is 7.80. The van der Waals surface area contributed by atoms with Crippen LogP contribution in [0.25, 0.3) is 0 Å². The van der Waals surface area contributed by atoms with E-state index in [0.29, 0.717) is 39.3 Å². The van der Waals surface area contributed by atoms with Crippen molar-refractivity contribution in [2.24, 2.45) is 0 Å². The Hall–Kier alpha value is -3.56. The van der Waals surface area contributed by atoms with Crippen LogP contribution in [0.5, 0.6) is 17.2 Å². The summed E-state index contributed by atoms with van der Waals surface area (Å²) in [6.07, 6.45) is 0. The number of rotatable bonds is 7. The van der Waals surface area contributed by atoms with Gasteiger partial charge in [-0.1, -0.05) is 23.7 Å². The van der Waals surface area contributed by atoms with Crippen molar-refractivity contribution in [2.75, 3.05) is 37.3 Å². The highest BCUT2D eigenvalue weighted by Crippen LogP contribution is 2.36. The monoisotopic (exact) mass is 489 g/mol. The first-order valence-corrected chi connectivity index (χ1v) is 10.4. The van der Waals surface area contributed by atoms with Crippen LogP contribution in [0.2, 0.25) is 5.02 Å². The standard InChI is InChI=1S/C23H21ClFN3O4S/c1-30-19-12-21(32-3)18(11-15(19)24)28-23(33)26-13-8-9-17(20(10-13)31-2)27-22(29)14-6-4-5-7-16(14)25/h4-12H,1-3H3,(H,27,29)(H2,26,28,33). The van der Waals surface area contributed by atoms with Gasteiger partial charge in [-0.15, -0.1) is 0 Å². The summed E-state index contributed by atoms with van der Waals surface area (Å²) in [4.78, 5) is 12.4. The van der Waals surface area contributed by atoms with Crippen molar-refractivity contribution in [2.45, 2.75) is 0 Å². The minimum atomic E-state index is -0.613. The van der Waals surface area contributed by atoms with Crippen LogP contribution in [0.3, 0.4) is 0 Å². The van der Waals surface area contributed by atoms with Crippen LogP contribution in [0.4, 0.5) is 21.5 Å². The van der Waals surface area contributed by atoms with Crippen molar-refractivity contribution in [3.63, 3.8) is 0 Å². The van der Waals surface area contributed by atoms with Gasteiger partial charge in [-0.2, -0.15) is 0 Å². The maximum Gasteiger partial charge on any atom is 0.258 e. The highest BCUT2D eigenvalue weighted by atomic mass is 35.5. The summed E-state index contributed by atoms with van der Waals surface area (Å²) in [5.41, 5.74) is 1.44. The van der Waals surface area contributed by atoms with Gasteiger partial charge < -0.3 is 30.2 Å². The summed E-state index contributed by atoms with van der Waals surface area (Å²) >= 11 is 11.6. The van der Waals surface area contributed by atoms with Crippen LogP contribution in [0, 0.1) is 5.82 Å². The Morgan fingerprint density at radius 1 is 0.848 bits per heavy atom. The van der Waals surface area contributed by atoms with E-state index in [9.17, 15) is 9.18 Å². The predicted octanol–water partition coefficient (Wildman–Crippen LogP) is 5.57. The molecule has 10 heteroatoms. The number of benzene rings is 3. The number of halogens is 2. The van der Waals surface area contributed by atoms with E-state index in [1.54, 1.807) is 36.4 Å². The number of hydrogen-bond acceptors (Lipinski definition) is 5. The van der Waals surface area contributed by atoms with Crippen molar-refractivity contribution >= 4 is 51.9 Å². The van der Waals surface area contributed by atoms with Gasteiger partial charge in [0.25, 0.3) is 5.91 Å². The maximum atomic E-state index is 13.9. The fourth-order valence-corrected chi connectivity index (χ4v) is 3.42. The Morgan fingerprint density at radius 3 is 2.18 bits per heavy atom. The summed E-state index contributed by atoms with van der Waals surface area (Å²) in [6.45, 7) is 0. The molecule has 3 aromatic carbocycles. The molecule has 172 valence electrons. The third-order valence-electron chi connectivity index (χ3n) is 4.55. The van der Waals surface area contributed by atoms with Crippen LogP contribution in [0.1, 0.15) is 10.4 Å². The molecule has 0 aliphatic rings. The molecule has 0 aliphatic carbocycles. The molecule has 0 saturated heterocycles. The molecule has 0 spiro atoms. The Morgan fingerprint density at radius 2 is 1.52 bits per heavy atom. The van der Waals surface area contributed by atoms with Crippen molar-refractivity contribution in [3.05, 3.63) is 71.0 Å². The van der Waals surface area contributed by atoms with Crippen molar-refractivity contribution in [1.29, 1.82) is 0 Å². The third-order valence-corrected chi connectivity index (χ3v) is 5.05. The molecule has 0 heterocycles. The zero-order chi connectivity index (χ0) is 24.0. The zero-order valence-electron chi connectivity index (χ0n) is 18.0. The molecule has 0 radical (unpaired) electrons. The number of nitrogens with one attached hydrogen (secondary N) is 3. The van der Waals surface area contributed by atoms with Crippen LogP contribution in [0.15, 0.2) is 54.6 Å². The predicted molar refractivity (Wildman–Crippen MR) is 132 cm³/mol. The first-order chi connectivity index (χ1) is 15.9. The number of ether oxygens (including phenoxy) is 3. The lowest BCUT2D eigenvalue weighted by molar-refractivity contribution is 0.102. The Balaban J connectivity index is 1.73. The molecule has 7 nitrogen and oxygen atoms in total. The number of anilines is 3. The van der Waals surface area contributed by atoms with E-state index in [-0.39, 0.29) is 10.7 Å². The molecule has 0 atom stereocenters. The van der Waals surface area contributed by atoms with E-state index in [1.807, 2.05) is 0 Å². The normalized spacial score (nSPS) is 10.2. The Labute approximate surface area is 200 Å². The average molecular weight is 490 g/mol. The lowest BCUT2D eigenvalue weighted by Gasteiger charge is -2.16. The van der Waals surface area contributed by atoms with Crippen molar-refractivity contribution < 1.29 is 23.4 Å². The van der Waals surface area contributed by atoms with Gasteiger partial charge in [-0.05, 0) is 42.5 Å². The van der Waals surface area contributed by atoms with E-state index in [0.717, 1.165) is 0 Å². The molecule has 3 rings (SSSR count). The molecule has 0 saturated carbocycles. The number of carbonyl (C=O) groups is 1. The van der Waals surface area contributed by atoms with E-state index in [1.165, 1.54) is 39.5 Å². The lowest BCUT2D eigenvalue weighted by atomic mass is 10.2. The van der Waals surface area contributed by atoms with Crippen LogP contribution in [-0.4, -0.2) is 32.3 Å². The van der Waals surface area contributed by atoms with Gasteiger partial charge in [-0.3, -0.25) is 4.79 Å². The van der Waals surface area contributed by atoms with Crippen LogP contribution in [-0.2, 0) is 0 Å². The highest BCUT2D eigenvalue weighted by Gasteiger charge is 2.15. The van der Waals surface area contributed by atoms with Crippen LogP contribution < -0.4 is 30.2 Å². The van der Waals surface area contributed by atoms with E-state index in [4.69, 9.17) is 38.0 Å². The topological polar surface area (TPSA) is 80.9 Å². The molecular weight excluding hydrogens is 469 g/mol. The van der Waals surface area contributed by atoms with Gasteiger partial charge in [0, 0.05) is 17.8 Å². The van der Waals surface area contributed by atoms with Crippen molar-refractivity contribution in [1.82, 2.24) is 0 Å². The average Bonchev–Trinajstić information content (AvgIpc) is 2.80. The van der Waals surface area contributed by atoms with Gasteiger partial charge in [0.15, 0.2) is 5.11 Å². The summed E-state index contributed by atoms with van der Waals surface area (Å²) < 4.78 is 29.8. The number of hydrogen-bond donors (Lipinski definition) is 3. The van der Waals surface area contributed by atoms with E-state index < -0.39 is 11.7 Å². The molecule has 1 amide bonds. The first-order valence-electron chi connectivity index (χ1n) is 9.59. The van der Waals surface area contributed by atoms with Crippen molar-refractivity contribution in [3.8, 4) is 17.2 Å². The molecule has 33 heavy (non-hydrogen) atoms. The summed E-state index contributed by atoms with van der Waals surface area (Å²) in [6, 6.07) is 13.9. The largest absolute Gasteiger partial charge is 0.495 e. The smallest absolute Gasteiger partial charge is 0.258 e. The van der Waals surface area contributed by atoms with Gasteiger partial charge in [0.2, 0.25) is 0 Å². The second-order valence-electron chi connectivity index (χ2n) is 6.62. The molecule has 0 unspecified atom stereocenters. The molecule has 0 bridgehead atoms. The number of thiocarbonyl (C=S) groups is 1. The fourth-order valence-electron chi connectivity index (χ4n) is 2.95. The SMILES string of the molecule is COc1cc(OC)c(NC(=S)Nc2ccc(NC(=O)c3ccccc3F)c(OC)c2)cc1Cl. The van der Waals surface area contributed by atoms with E-state index >= 15 is 0 Å². The lowest BCUT2D eigenvalue weighted by Crippen LogP contribution is -2.20. The summed E-state index contributed by atoms with van der Waals surface area (Å²) in [7, 11) is 4.48. The molecule has 3 N–H and O–H groups in total. The fraction of sp³-hybridized carbons (Fsp3) is 0.130. The second kappa shape index (κ2) is 10.8. The number of carbonyl (C=O) groups excluding carboxylic acids is 1. The number of methoxy groups -OCH3 is 3. The quantitative estimate of drug-likeness (QED) is 0.374. The van der Waals surface area contributed by atoms with Gasteiger partial charge in [-0.25, -0.2) is 4.39 Å². The number of amides is 1. The minimum absolute atomic E-state index is 0.0702. The molecule has 3 aromatic rings. The third kappa shape index (κ3) is 5.82.